The topological polar surface area (TPSA) is 76.1 Å². The van der Waals surface area contributed by atoms with Crippen LogP contribution >= 0.6 is 0 Å². The Morgan fingerprint density at radius 2 is 2.10 bits per heavy atom. The smallest absolute Gasteiger partial charge is 0.309 e. The van der Waals surface area contributed by atoms with Crippen molar-refractivity contribution >= 4 is 11.8 Å². The molecule has 166 valence electrons. The van der Waals surface area contributed by atoms with Crippen LogP contribution < -0.4 is 0 Å². The molecule has 6 atom stereocenters. The fraction of sp³-hybridized carbons (Fsp3) is 0.833. The number of piperidine rings is 1. The average molecular weight is 418 g/mol. The van der Waals surface area contributed by atoms with Crippen LogP contribution in [0, 0.1) is 34.5 Å². The number of Topliss-reactive ketones (excluding diaryl/α,β-unsaturated/α-hetero) is 1. The lowest BCUT2D eigenvalue weighted by molar-refractivity contribution is -0.300. The third-order valence-electron chi connectivity index (χ3n) is 9.47. The third kappa shape index (κ3) is 2.47. The number of ketones is 1. The Bertz CT molecular complexity index is 808. The second-order valence-corrected chi connectivity index (χ2v) is 10.9. The summed E-state index contributed by atoms with van der Waals surface area (Å²) in [6.07, 6.45) is 4.47. The predicted octanol–water partition coefficient (Wildman–Crippen LogP) is 2.55. The molecule has 2 bridgehead atoms. The Kier molecular flexibility index (Phi) is 4.56. The Morgan fingerprint density at radius 1 is 1.33 bits per heavy atom. The average Bonchev–Trinajstić information content (AvgIpc) is 3.18. The Hall–Kier alpha value is -1.24. The van der Waals surface area contributed by atoms with E-state index in [0.29, 0.717) is 25.4 Å². The number of allylic oxidation sites excluding steroid dienone is 1. The molecule has 0 aromatic rings. The number of methoxy groups -OCH3 is 1. The molecule has 5 aliphatic rings. The van der Waals surface area contributed by atoms with E-state index in [-0.39, 0.29) is 40.3 Å². The van der Waals surface area contributed by atoms with E-state index >= 15 is 0 Å². The summed E-state index contributed by atoms with van der Waals surface area (Å²) in [4.78, 5) is 28.2. The van der Waals surface area contributed by atoms with Crippen molar-refractivity contribution in [2.45, 2.75) is 58.2 Å². The Balaban J connectivity index is 1.65. The first-order valence-corrected chi connectivity index (χ1v) is 11.6. The number of ether oxygens (including phenoxy) is 2. The van der Waals surface area contributed by atoms with Crippen molar-refractivity contribution in [2.75, 3.05) is 33.9 Å². The van der Waals surface area contributed by atoms with E-state index in [2.05, 4.69) is 11.9 Å². The van der Waals surface area contributed by atoms with Gasteiger partial charge in [0, 0.05) is 48.6 Å². The number of hydrogen-bond acceptors (Lipinski definition) is 6. The maximum absolute atomic E-state index is 13.0. The minimum absolute atomic E-state index is 0.0204. The number of likely N-dealkylation sites (tertiary alicyclic amines) is 1. The predicted molar refractivity (Wildman–Crippen MR) is 110 cm³/mol. The zero-order chi connectivity index (χ0) is 21.5. The summed E-state index contributed by atoms with van der Waals surface area (Å²) in [6.45, 7) is 6.35. The highest BCUT2D eigenvalue weighted by atomic mass is 16.6. The summed E-state index contributed by atoms with van der Waals surface area (Å²) < 4.78 is 11.5. The highest BCUT2D eigenvalue weighted by Gasteiger charge is 2.70. The summed E-state index contributed by atoms with van der Waals surface area (Å²) in [6, 6.07) is 0. The quantitative estimate of drug-likeness (QED) is 0.696. The first-order valence-electron chi connectivity index (χ1n) is 11.6. The van der Waals surface area contributed by atoms with Gasteiger partial charge < -0.3 is 19.5 Å². The molecule has 1 saturated carbocycles. The maximum atomic E-state index is 13.0. The monoisotopic (exact) mass is 417 g/mol. The molecule has 1 N–H and O–H groups in total. The molecule has 0 unspecified atom stereocenters. The van der Waals surface area contributed by atoms with Gasteiger partial charge in [0.15, 0.2) is 11.6 Å². The van der Waals surface area contributed by atoms with E-state index in [1.54, 1.807) is 0 Å². The van der Waals surface area contributed by atoms with Crippen molar-refractivity contribution in [3.63, 3.8) is 0 Å². The van der Waals surface area contributed by atoms with E-state index in [9.17, 15) is 14.7 Å². The molecule has 3 fully saturated rings. The van der Waals surface area contributed by atoms with Crippen LogP contribution in [0.25, 0.3) is 0 Å². The molecule has 30 heavy (non-hydrogen) atoms. The van der Waals surface area contributed by atoms with Gasteiger partial charge in [0.1, 0.15) is 0 Å². The molecule has 0 aromatic carbocycles. The number of carbonyl (C=O) groups excluding carboxylic acids is 2. The van der Waals surface area contributed by atoms with Gasteiger partial charge in [-0.3, -0.25) is 9.59 Å². The Labute approximate surface area is 179 Å². The molecule has 0 amide bonds. The van der Waals surface area contributed by atoms with E-state index < -0.39 is 5.79 Å². The minimum atomic E-state index is -1.09. The number of nitrogens with zero attached hydrogens (tertiary/aromatic N) is 1. The number of hydrogen-bond donors (Lipinski definition) is 1. The maximum Gasteiger partial charge on any atom is 0.309 e. The van der Waals surface area contributed by atoms with Gasteiger partial charge in [-0.15, -0.1) is 0 Å². The second-order valence-electron chi connectivity index (χ2n) is 10.9. The van der Waals surface area contributed by atoms with Crippen LogP contribution in [0.15, 0.2) is 11.1 Å². The molecule has 3 aliphatic carbocycles. The summed E-state index contributed by atoms with van der Waals surface area (Å²) in [5.74, 6) is -0.877. The van der Waals surface area contributed by atoms with Gasteiger partial charge in [-0.05, 0) is 44.2 Å². The minimum Gasteiger partial charge on any atom is -0.469 e. The number of rotatable bonds is 2. The van der Waals surface area contributed by atoms with Crippen LogP contribution in [-0.2, 0) is 19.1 Å². The molecule has 2 heterocycles. The molecule has 6 heteroatoms. The van der Waals surface area contributed by atoms with Crippen LogP contribution in [0.4, 0.5) is 0 Å². The van der Waals surface area contributed by atoms with Gasteiger partial charge in [-0.1, -0.05) is 19.4 Å². The lowest BCUT2D eigenvalue weighted by Gasteiger charge is -2.62. The van der Waals surface area contributed by atoms with E-state index in [1.165, 1.54) is 12.7 Å². The highest BCUT2D eigenvalue weighted by Crippen LogP contribution is 2.71. The fourth-order valence-electron chi connectivity index (χ4n) is 7.97. The van der Waals surface area contributed by atoms with Crippen molar-refractivity contribution in [1.82, 2.24) is 4.90 Å². The van der Waals surface area contributed by atoms with Gasteiger partial charge in [-0.2, -0.15) is 0 Å². The summed E-state index contributed by atoms with van der Waals surface area (Å²) >= 11 is 0. The zero-order valence-corrected chi connectivity index (χ0v) is 18.7. The third-order valence-corrected chi connectivity index (χ3v) is 9.47. The first kappa shape index (κ1) is 20.7. The molecule has 0 radical (unpaired) electrons. The first-order chi connectivity index (χ1) is 14.2. The largest absolute Gasteiger partial charge is 0.469 e. The fourth-order valence-corrected chi connectivity index (χ4v) is 7.97. The number of carbonyl (C=O) groups is 2. The molecular weight excluding hydrogens is 382 g/mol. The van der Waals surface area contributed by atoms with Crippen molar-refractivity contribution in [2.24, 2.45) is 34.5 Å². The Morgan fingerprint density at radius 3 is 2.73 bits per heavy atom. The summed E-state index contributed by atoms with van der Waals surface area (Å²) in [7, 11) is 3.62. The molecule has 2 spiro atoms. The van der Waals surface area contributed by atoms with Crippen LogP contribution in [-0.4, -0.2) is 61.4 Å². The van der Waals surface area contributed by atoms with Crippen molar-refractivity contribution in [1.29, 1.82) is 0 Å². The molecule has 0 aromatic heterocycles. The van der Waals surface area contributed by atoms with Gasteiger partial charge in [0.2, 0.25) is 0 Å². The van der Waals surface area contributed by atoms with Crippen LogP contribution in [0.1, 0.15) is 52.4 Å². The normalized spacial score (nSPS) is 45.8. The van der Waals surface area contributed by atoms with E-state index in [4.69, 9.17) is 9.47 Å². The highest BCUT2D eigenvalue weighted by molar-refractivity contribution is 6.01. The van der Waals surface area contributed by atoms with Crippen molar-refractivity contribution < 1.29 is 24.2 Å². The van der Waals surface area contributed by atoms with Crippen LogP contribution in [0.5, 0.6) is 0 Å². The molecule has 6 nitrogen and oxygen atoms in total. The zero-order valence-electron chi connectivity index (χ0n) is 18.7. The number of aliphatic hydroxyl groups is 1. The molecule has 2 aliphatic heterocycles. The van der Waals surface area contributed by atoms with Gasteiger partial charge in [0.25, 0.3) is 0 Å². The van der Waals surface area contributed by atoms with Gasteiger partial charge >= 0.3 is 5.97 Å². The number of esters is 1. The van der Waals surface area contributed by atoms with Crippen LogP contribution in [0.3, 0.4) is 0 Å². The molecule has 5 rings (SSSR count). The van der Waals surface area contributed by atoms with E-state index in [0.717, 1.165) is 44.3 Å². The summed E-state index contributed by atoms with van der Waals surface area (Å²) in [5.41, 5.74) is 1.89. The molecule has 2 saturated heterocycles. The van der Waals surface area contributed by atoms with Crippen molar-refractivity contribution in [3.8, 4) is 0 Å². The second kappa shape index (κ2) is 6.63. The van der Waals surface area contributed by atoms with Gasteiger partial charge in [0.05, 0.1) is 19.6 Å². The van der Waals surface area contributed by atoms with Crippen LogP contribution in [0.2, 0.25) is 0 Å². The lowest BCUT2D eigenvalue weighted by Crippen LogP contribution is -2.64. The van der Waals surface area contributed by atoms with Gasteiger partial charge in [-0.25, -0.2) is 0 Å². The standard InChI is InChI=1S/C24H35NO5/c1-14(2)24(28)8-7-22(13-30-24)15-5-6-16-19(26)9-17-18(21(27)29-4)10-23(22,20(16)17)12-25(3)11-15/h14-15,17-18,28H,5-13H2,1-4H3/t15-,17-,18+,22+,23-,24-/m0/s1. The van der Waals surface area contributed by atoms with E-state index in [1.807, 2.05) is 13.8 Å². The SMILES string of the molecule is COC(=O)[C@@H]1C[C@]23CN(C)C[C@H](CCC4=C2[C@H]1CC4=O)[C@]31CC[C@@](O)(C(C)C)OC1. The molecular formula is C24H35NO5. The lowest BCUT2D eigenvalue weighted by atomic mass is 9.50. The van der Waals surface area contributed by atoms with Crippen molar-refractivity contribution in [3.05, 3.63) is 11.1 Å². The summed E-state index contributed by atoms with van der Waals surface area (Å²) in [5, 5.41) is 11.0.